The van der Waals surface area contributed by atoms with Crippen LogP contribution in [-0.4, -0.2) is 9.97 Å². The third-order valence-corrected chi connectivity index (χ3v) is 3.61. The second-order valence-electron chi connectivity index (χ2n) is 5.09. The van der Waals surface area contributed by atoms with Crippen molar-refractivity contribution in [3.8, 4) is 11.5 Å². The topological polar surface area (TPSA) is 55.0 Å². The summed E-state index contributed by atoms with van der Waals surface area (Å²) in [6.07, 6.45) is 1.54. The van der Waals surface area contributed by atoms with Crippen LogP contribution in [0.2, 0.25) is 0 Å². The van der Waals surface area contributed by atoms with Crippen LogP contribution in [0.3, 0.4) is 0 Å². The SMILES string of the molecule is O=c1[nH]c2nccc(Oc3cccc(F)c3)c2c2ccccc12. The van der Waals surface area contributed by atoms with Gasteiger partial charge in [0.15, 0.2) is 0 Å². The summed E-state index contributed by atoms with van der Waals surface area (Å²) in [5.74, 6) is 0.514. The largest absolute Gasteiger partial charge is 0.456 e. The molecular weight excluding hydrogens is 295 g/mol. The monoisotopic (exact) mass is 306 g/mol. The minimum absolute atomic E-state index is 0.205. The van der Waals surface area contributed by atoms with Gasteiger partial charge in [-0.1, -0.05) is 24.3 Å². The summed E-state index contributed by atoms with van der Waals surface area (Å²) in [4.78, 5) is 19.1. The number of aromatic amines is 1. The highest BCUT2D eigenvalue weighted by atomic mass is 19.1. The van der Waals surface area contributed by atoms with Crippen LogP contribution in [0, 0.1) is 5.82 Å². The van der Waals surface area contributed by atoms with Crippen molar-refractivity contribution in [1.82, 2.24) is 9.97 Å². The molecule has 1 N–H and O–H groups in total. The van der Waals surface area contributed by atoms with Crippen molar-refractivity contribution < 1.29 is 9.13 Å². The summed E-state index contributed by atoms with van der Waals surface area (Å²) >= 11 is 0. The van der Waals surface area contributed by atoms with Crippen molar-refractivity contribution in [2.75, 3.05) is 0 Å². The van der Waals surface area contributed by atoms with Crippen molar-refractivity contribution in [1.29, 1.82) is 0 Å². The molecule has 0 aliphatic rings. The Bertz CT molecular complexity index is 1090. The van der Waals surface area contributed by atoms with Gasteiger partial charge in [0.1, 0.15) is 23.0 Å². The van der Waals surface area contributed by atoms with Gasteiger partial charge in [-0.05, 0) is 24.3 Å². The van der Waals surface area contributed by atoms with Gasteiger partial charge in [-0.2, -0.15) is 0 Å². The molecule has 5 heteroatoms. The molecular formula is C18H11FN2O2. The summed E-state index contributed by atoms with van der Waals surface area (Å²) < 4.78 is 19.2. The number of ether oxygens (including phenoxy) is 1. The maximum atomic E-state index is 13.3. The van der Waals surface area contributed by atoms with Crippen LogP contribution in [-0.2, 0) is 0 Å². The van der Waals surface area contributed by atoms with Gasteiger partial charge in [0.25, 0.3) is 5.56 Å². The number of hydrogen-bond acceptors (Lipinski definition) is 3. The van der Waals surface area contributed by atoms with Crippen molar-refractivity contribution in [2.45, 2.75) is 0 Å². The van der Waals surface area contributed by atoms with E-state index < -0.39 is 0 Å². The lowest BCUT2D eigenvalue weighted by Gasteiger charge is -2.10. The lowest BCUT2D eigenvalue weighted by molar-refractivity contribution is 0.482. The predicted octanol–water partition coefficient (Wildman–Crippen LogP) is 4.01. The Morgan fingerprint density at radius 3 is 2.65 bits per heavy atom. The van der Waals surface area contributed by atoms with Crippen LogP contribution in [0.1, 0.15) is 0 Å². The molecule has 4 rings (SSSR count). The molecule has 2 aromatic carbocycles. The Labute approximate surface area is 130 Å². The molecule has 0 unspecified atom stereocenters. The third kappa shape index (κ3) is 2.32. The fourth-order valence-corrected chi connectivity index (χ4v) is 2.62. The molecule has 0 radical (unpaired) electrons. The molecule has 2 heterocycles. The van der Waals surface area contributed by atoms with Gasteiger partial charge in [-0.15, -0.1) is 0 Å². The number of hydrogen-bond donors (Lipinski definition) is 1. The number of halogens is 1. The first-order chi connectivity index (χ1) is 11.2. The highest BCUT2D eigenvalue weighted by Gasteiger charge is 2.11. The molecule has 0 aliphatic heterocycles. The van der Waals surface area contributed by atoms with Crippen molar-refractivity contribution >= 4 is 21.8 Å². The predicted molar refractivity (Wildman–Crippen MR) is 86.3 cm³/mol. The van der Waals surface area contributed by atoms with E-state index in [4.69, 9.17) is 4.74 Å². The highest BCUT2D eigenvalue weighted by molar-refractivity contribution is 6.07. The number of H-pyrrole nitrogens is 1. The summed E-state index contributed by atoms with van der Waals surface area (Å²) in [6, 6.07) is 14.8. The fraction of sp³-hybridized carbons (Fsp3) is 0. The summed E-state index contributed by atoms with van der Waals surface area (Å²) in [5.41, 5.74) is 0.228. The van der Waals surface area contributed by atoms with Gasteiger partial charge < -0.3 is 9.72 Å². The van der Waals surface area contributed by atoms with Crippen molar-refractivity contribution in [3.05, 3.63) is 77.0 Å². The zero-order valence-electron chi connectivity index (χ0n) is 11.9. The molecule has 0 saturated heterocycles. The number of pyridine rings is 2. The maximum absolute atomic E-state index is 13.3. The van der Waals surface area contributed by atoms with Gasteiger partial charge in [0, 0.05) is 23.0 Å². The Morgan fingerprint density at radius 1 is 1.00 bits per heavy atom. The van der Waals surface area contributed by atoms with Gasteiger partial charge >= 0.3 is 0 Å². The van der Waals surface area contributed by atoms with E-state index in [1.807, 2.05) is 12.1 Å². The molecule has 2 aromatic heterocycles. The van der Waals surface area contributed by atoms with E-state index in [1.54, 1.807) is 36.5 Å². The maximum Gasteiger partial charge on any atom is 0.257 e. The van der Waals surface area contributed by atoms with E-state index in [2.05, 4.69) is 9.97 Å². The van der Waals surface area contributed by atoms with Gasteiger partial charge in [-0.3, -0.25) is 4.79 Å². The Kier molecular flexibility index (Phi) is 3.05. The molecule has 112 valence electrons. The van der Waals surface area contributed by atoms with E-state index in [-0.39, 0.29) is 11.4 Å². The van der Waals surface area contributed by atoms with Crippen LogP contribution >= 0.6 is 0 Å². The Balaban J connectivity index is 2.00. The number of aromatic nitrogens is 2. The number of nitrogens with zero attached hydrogens (tertiary/aromatic N) is 1. The van der Waals surface area contributed by atoms with E-state index >= 15 is 0 Å². The molecule has 0 fully saturated rings. The van der Waals surface area contributed by atoms with Crippen LogP contribution in [0.5, 0.6) is 11.5 Å². The first kappa shape index (κ1) is 13.5. The van der Waals surface area contributed by atoms with E-state index in [0.29, 0.717) is 27.9 Å². The molecule has 0 aliphatic carbocycles. The number of fused-ring (bicyclic) bond motifs is 3. The average Bonchev–Trinajstić information content (AvgIpc) is 2.55. The van der Waals surface area contributed by atoms with E-state index in [9.17, 15) is 9.18 Å². The second kappa shape index (κ2) is 5.21. The van der Waals surface area contributed by atoms with Gasteiger partial charge in [-0.25, -0.2) is 9.37 Å². The Morgan fingerprint density at radius 2 is 1.83 bits per heavy atom. The standard InChI is InChI=1S/C18H11FN2O2/c19-11-4-3-5-12(10-11)23-15-8-9-20-17-16(15)13-6-1-2-7-14(13)18(22)21-17/h1-10H,(H,20,21,22). The minimum Gasteiger partial charge on any atom is -0.456 e. The first-order valence-electron chi connectivity index (χ1n) is 7.05. The molecule has 23 heavy (non-hydrogen) atoms. The normalized spacial score (nSPS) is 11.0. The molecule has 0 bridgehead atoms. The molecule has 4 nitrogen and oxygen atoms in total. The highest BCUT2D eigenvalue weighted by Crippen LogP contribution is 2.32. The first-order valence-corrected chi connectivity index (χ1v) is 7.05. The lowest BCUT2D eigenvalue weighted by atomic mass is 10.1. The van der Waals surface area contributed by atoms with Crippen molar-refractivity contribution in [2.24, 2.45) is 0 Å². The molecule has 0 amide bonds. The quantitative estimate of drug-likeness (QED) is 0.569. The smallest absolute Gasteiger partial charge is 0.257 e. The van der Waals surface area contributed by atoms with Gasteiger partial charge in [0.2, 0.25) is 0 Å². The molecule has 0 saturated carbocycles. The Hall–Kier alpha value is -3.21. The fourth-order valence-electron chi connectivity index (χ4n) is 2.62. The second-order valence-corrected chi connectivity index (χ2v) is 5.09. The summed E-state index contributed by atoms with van der Waals surface area (Å²) in [7, 11) is 0. The minimum atomic E-state index is -0.376. The number of rotatable bonds is 2. The number of nitrogens with one attached hydrogen (secondary N) is 1. The van der Waals surface area contributed by atoms with E-state index in [0.717, 1.165) is 5.39 Å². The molecule has 4 aromatic rings. The zero-order chi connectivity index (χ0) is 15.8. The molecule has 0 atom stereocenters. The summed E-state index contributed by atoms with van der Waals surface area (Å²) in [5, 5.41) is 1.98. The third-order valence-electron chi connectivity index (χ3n) is 3.61. The average molecular weight is 306 g/mol. The zero-order valence-corrected chi connectivity index (χ0v) is 11.9. The number of benzene rings is 2. The van der Waals surface area contributed by atoms with Crippen LogP contribution in [0.4, 0.5) is 4.39 Å². The lowest BCUT2D eigenvalue weighted by Crippen LogP contribution is -2.07. The van der Waals surface area contributed by atoms with Crippen LogP contribution in [0.25, 0.3) is 21.8 Å². The molecule has 0 spiro atoms. The summed E-state index contributed by atoms with van der Waals surface area (Å²) in [6.45, 7) is 0. The van der Waals surface area contributed by atoms with E-state index in [1.165, 1.54) is 12.1 Å². The van der Waals surface area contributed by atoms with Crippen molar-refractivity contribution in [3.63, 3.8) is 0 Å². The van der Waals surface area contributed by atoms with Crippen LogP contribution in [0.15, 0.2) is 65.6 Å². The van der Waals surface area contributed by atoms with Gasteiger partial charge in [0.05, 0.1) is 5.39 Å². The van der Waals surface area contributed by atoms with Crippen LogP contribution < -0.4 is 10.3 Å².